The molecule has 2 aromatic carbocycles. The Bertz CT molecular complexity index is 1090. The molecule has 0 saturated carbocycles. The lowest BCUT2D eigenvalue weighted by atomic mass is 9.97. The summed E-state index contributed by atoms with van der Waals surface area (Å²) < 4.78 is 0. The lowest BCUT2D eigenvalue weighted by Crippen LogP contribution is -2.38. The maximum Gasteiger partial charge on any atom is 0.250 e. The van der Waals surface area contributed by atoms with E-state index in [4.69, 9.17) is 11.5 Å². The van der Waals surface area contributed by atoms with Crippen molar-refractivity contribution in [2.45, 2.75) is 18.9 Å². The van der Waals surface area contributed by atoms with Crippen LogP contribution in [0.25, 0.3) is 22.0 Å². The second kappa shape index (κ2) is 7.84. The number of nitrogens with zero attached hydrogens (tertiary/aromatic N) is 2. The fraction of sp³-hybridized carbons (Fsp3) is 0.238. The van der Waals surface area contributed by atoms with Crippen LogP contribution in [0.5, 0.6) is 0 Å². The summed E-state index contributed by atoms with van der Waals surface area (Å²) in [6, 6.07) is 10.8. The summed E-state index contributed by atoms with van der Waals surface area (Å²) in [6.07, 6.45) is 3.54. The van der Waals surface area contributed by atoms with Gasteiger partial charge >= 0.3 is 0 Å². The van der Waals surface area contributed by atoms with E-state index in [-0.39, 0.29) is 6.04 Å². The minimum atomic E-state index is -0.577. The van der Waals surface area contributed by atoms with E-state index in [1.54, 1.807) is 24.3 Å². The number of anilines is 1. The first-order valence-corrected chi connectivity index (χ1v) is 9.49. The van der Waals surface area contributed by atoms with Gasteiger partial charge in [-0.1, -0.05) is 12.1 Å². The molecule has 8 nitrogen and oxygen atoms in total. The van der Waals surface area contributed by atoms with Crippen molar-refractivity contribution >= 4 is 28.5 Å². The van der Waals surface area contributed by atoms with Gasteiger partial charge in [-0.15, -0.1) is 0 Å². The molecule has 0 radical (unpaired) electrons. The molecule has 2 heterocycles. The average Bonchev–Trinajstić information content (AvgIpc) is 2.74. The van der Waals surface area contributed by atoms with E-state index in [1.807, 2.05) is 12.1 Å². The van der Waals surface area contributed by atoms with Crippen molar-refractivity contribution in [3.63, 3.8) is 0 Å². The van der Waals surface area contributed by atoms with Crippen LogP contribution in [0.1, 0.15) is 33.6 Å². The van der Waals surface area contributed by atoms with Gasteiger partial charge in [0.25, 0.3) is 5.91 Å². The number of nitrogens with one attached hydrogen (secondary N) is 2. The number of carbonyl (C=O) groups excluding carboxylic acids is 2. The molecule has 148 valence electrons. The Morgan fingerprint density at radius 2 is 1.93 bits per heavy atom. The predicted octanol–water partition coefficient (Wildman–Crippen LogP) is 1.66. The number of nitrogens with two attached hydrogens (primary N) is 2. The third kappa shape index (κ3) is 3.88. The summed E-state index contributed by atoms with van der Waals surface area (Å²) in [5.41, 5.74) is 13.7. The van der Waals surface area contributed by atoms with Crippen LogP contribution in [-0.4, -0.2) is 40.9 Å². The molecule has 4 rings (SSSR count). The van der Waals surface area contributed by atoms with Gasteiger partial charge in [-0.05, 0) is 54.8 Å². The van der Waals surface area contributed by atoms with Gasteiger partial charge in [0.1, 0.15) is 12.1 Å². The number of benzene rings is 2. The molecule has 1 aliphatic heterocycles. The number of carbonyl (C=O) groups is 2. The average molecular weight is 390 g/mol. The van der Waals surface area contributed by atoms with Crippen molar-refractivity contribution in [2.75, 3.05) is 18.4 Å². The Hall–Kier alpha value is -3.52. The van der Waals surface area contributed by atoms with E-state index in [9.17, 15) is 9.59 Å². The van der Waals surface area contributed by atoms with Crippen LogP contribution in [0.15, 0.2) is 42.7 Å². The Morgan fingerprint density at radius 3 is 2.66 bits per heavy atom. The molecule has 0 spiro atoms. The van der Waals surface area contributed by atoms with Crippen molar-refractivity contribution < 1.29 is 9.59 Å². The molecule has 6 N–H and O–H groups in total. The van der Waals surface area contributed by atoms with Crippen LogP contribution in [0.2, 0.25) is 0 Å². The highest BCUT2D eigenvalue weighted by Crippen LogP contribution is 2.31. The lowest BCUT2D eigenvalue weighted by Gasteiger charge is -2.25. The maximum atomic E-state index is 12.1. The Labute approximate surface area is 167 Å². The Kier molecular flexibility index (Phi) is 5.09. The van der Waals surface area contributed by atoms with Crippen LogP contribution >= 0.6 is 0 Å². The van der Waals surface area contributed by atoms with E-state index in [2.05, 4.69) is 20.6 Å². The highest BCUT2D eigenvalue weighted by atomic mass is 16.1. The van der Waals surface area contributed by atoms with E-state index in [0.717, 1.165) is 37.1 Å². The van der Waals surface area contributed by atoms with Crippen LogP contribution in [0.4, 0.5) is 5.82 Å². The van der Waals surface area contributed by atoms with E-state index in [0.29, 0.717) is 27.8 Å². The normalized spacial score (nSPS) is 16.5. The highest BCUT2D eigenvalue weighted by Gasteiger charge is 2.18. The number of hydrogen-bond acceptors (Lipinski definition) is 6. The molecule has 1 saturated heterocycles. The molecule has 0 bridgehead atoms. The smallest absolute Gasteiger partial charge is 0.250 e. The molecule has 2 amide bonds. The zero-order chi connectivity index (χ0) is 20.4. The summed E-state index contributed by atoms with van der Waals surface area (Å²) in [5.74, 6) is -0.441. The van der Waals surface area contributed by atoms with Gasteiger partial charge in [-0.25, -0.2) is 9.97 Å². The quantitative estimate of drug-likeness (QED) is 0.523. The number of fused-ring (bicyclic) bond motifs is 1. The minimum Gasteiger partial charge on any atom is -0.366 e. The molecular formula is C21H22N6O2. The Balaban J connectivity index is 1.85. The first-order valence-electron chi connectivity index (χ1n) is 9.49. The maximum absolute atomic E-state index is 12.1. The van der Waals surface area contributed by atoms with Gasteiger partial charge in [0, 0.05) is 23.5 Å². The second-order valence-electron chi connectivity index (χ2n) is 7.14. The number of piperidine rings is 1. The topological polar surface area (TPSA) is 136 Å². The molecular weight excluding hydrogens is 368 g/mol. The number of rotatable bonds is 5. The van der Waals surface area contributed by atoms with Gasteiger partial charge in [0.05, 0.1) is 11.1 Å². The lowest BCUT2D eigenvalue weighted by molar-refractivity contribution is 0.0992. The standard InChI is InChI=1S/C21H22N6O2/c22-19(28)13-4-1-3-12(7-13)14-8-16(20(23)29)18-17(9-14)21(26-11-25-18)27-15-5-2-6-24-10-15/h1,3-4,7-9,11,15,24H,2,5-6,10H2,(H2,22,28)(H2,23,29)(H,25,26,27). The number of primary amides is 2. The first-order chi connectivity index (χ1) is 14.0. The van der Waals surface area contributed by atoms with Crippen molar-refractivity contribution in [1.29, 1.82) is 0 Å². The molecule has 1 atom stereocenters. The van der Waals surface area contributed by atoms with Gasteiger partial charge in [0.2, 0.25) is 5.91 Å². The van der Waals surface area contributed by atoms with Gasteiger partial charge in [-0.3, -0.25) is 9.59 Å². The monoisotopic (exact) mass is 390 g/mol. The second-order valence-corrected chi connectivity index (χ2v) is 7.14. The van der Waals surface area contributed by atoms with Crippen molar-refractivity contribution in [1.82, 2.24) is 15.3 Å². The summed E-state index contributed by atoms with van der Waals surface area (Å²) in [7, 11) is 0. The van der Waals surface area contributed by atoms with Crippen molar-refractivity contribution in [3.05, 3.63) is 53.9 Å². The summed E-state index contributed by atoms with van der Waals surface area (Å²) >= 11 is 0. The number of amides is 2. The minimum absolute atomic E-state index is 0.237. The molecule has 0 aliphatic carbocycles. The molecule has 1 unspecified atom stereocenters. The molecule has 1 fully saturated rings. The first kappa shape index (κ1) is 18.8. The number of aromatic nitrogens is 2. The van der Waals surface area contributed by atoms with Crippen LogP contribution < -0.4 is 22.1 Å². The summed E-state index contributed by atoms with van der Waals surface area (Å²) in [5, 5.41) is 7.52. The van der Waals surface area contributed by atoms with Crippen LogP contribution in [-0.2, 0) is 0 Å². The van der Waals surface area contributed by atoms with Crippen molar-refractivity contribution in [2.24, 2.45) is 11.5 Å². The van der Waals surface area contributed by atoms with Gasteiger partial charge < -0.3 is 22.1 Å². The predicted molar refractivity (Wildman–Crippen MR) is 112 cm³/mol. The summed E-state index contributed by atoms with van der Waals surface area (Å²) in [6.45, 7) is 1.85. The summed E-state index contributed by atoms with van der Waals surface area (Å²) in [4.78, 5) is 32.4. The van der Waals surface area contributed by atoms with Gasteiger partial charge in [0.15, 0.2) is 0 Å². The largest absolute Gasteiger partial charge is 0.366 e. The highest BCUT2D eigenvalue weighted by molar-refractivity contribution is 6.09. The van der Waals surface area contributed by atoms with E-state index >= 15 is 0 Å². The molecule has 8 heteroatoms. The van der Waals surface area contributed by atoms with Crippen LogP contribution in [0, 0.1) is 0 Å². The van der Waals surface area contributed by atoms with Crippen LogP contribution in [0.3, 0.4) is 0 Å². The van der Waals surface area contributed by atoms with Gasteiger partial charge in [-0.2, -0.15) is 0 Å². The fourth-order valence-corrected chi connectivity index (χ4v) is 3.66. The molecule has 1 aromatic heterocycles. The Morgan fingerprint density at radius 1 is 1.07 bits per heavy atom. The molecule has 29 heavy (non-hydrogen) atoms. The van der Waals surface area contributed by atoms with E-state index in [1.165, 1.54) is 6.33 Å². The molecule has 1 aliphatic rings. The fourth-order valence-electron chi connectivity index (χ4n) is 3.66. The third-order valence-corrected chi connectivity index (χ3v) is 5.12. The molecule has 3 aromatic rings. The zero-order valence-electron chi connectivity index (χ0n) is 15.8. The SMILES string of the molecule is NC(=O)c1cccc(-c2cc(C(N)=O)c3ncnc(NC4CCCNC4)c3c2)c1. The number of hydrogen-bond donors (Lipinski definition) is 4. The van der Waals surface area contributed by atoms with Crippen molar-refractivity contribution in [3.8, 4) is 11.1 Å². The zero-order valence-corrected chi connectivity index (χ0v) is 15.8. The third-order valence-electron chi connectivity index (χ3n) is 5.12. The van der Waals surface area contributed by atoms with E-state index < -0.39 is 11.8 Å².